The van der Waals surface area contributed by atoms with Crippen LogP contribution < -0.4 is 5.48 Å². The minimum absolute atomic E-state index is 0.239. The number of rotatable bonds is 1. The van der Waals surface area contributed by atoms with E-state index in [1.807, 2.05) is 0 Å². The highest BCUT2D eigenvalue weighted by Crippen LogP contribution is 2.34. The summed E-state index contributed by atoms with van der Waals surface area (Å²) in [6.07, 6.45) is 0. The highest BCUT2D eigenvalue weighted by molar-refractivity contribution is 5.94. The van der Waals surface area contributed by atoms with Gasteiger partial charge in [-0.2, -0.15) is 0 Å². The van der Waals surface area contributed by atoms with Crippen molar-refractivity contribution >= 4 is 5.91 Å². The molecule has 0 bridgehead atoms. The molecule has 0 aromatic rings. The van der Waals surface area contributed by atoms with Gasteiger partial charge in [-0.15, -0.1) is 4.65 Å². The van der Waals surface area contributed by atoms with Gasteiger partial charge in [-0.05, 0) is 20.8 Å². The van der Waals surface area contributed by atoms with Crippen molar-refractivity contribution in [1.82, 2.24) is 5.48 Å². The molecule has 1 radical (unpaired) electrons. The first-order valence-corrected chi connectivity index (χ1v) is 4.56. The van der Waals surface area contributed by atoms with Crippen molar-refractivity contribution in [3.05, 3.63) is 11.1 Å². The lowest BCUT2D eigenvalue weighted by Gasteiger charge is -2.27. The Labute approximate surface area is 83.1 Å². The summed E-state index contributed by atoms with van der Waals surface area (Å²) in [6, 6.07) is -0.672. The fourth-order valence-electron chi connectivity index (χ4n) is 1.96. The summed E-state index contributed by atoms with van der Waals surface area (Å²) in [5, 5.41) is 20.6. The van der Waals surface area contributed by atoms with Crippen molar-refractivity contribution in [1.29, 1.82) is 0 Å². The van der Waals surface area contributed by atoms with E-state index >= 15 is 0 Å². The molecule has 0 spiro atoms. The molecular formula is C9H16N2O3+. The van der Waals surface area contributed by atoms with Gasteiger partial charge >= 0.3 is 0 Å². The minimum atomic E-state index is -0.570. The van der Waals surface area contributed by atoms with Crippen molar-refractivity contribution in [2.24, 2.45) is 0 Å². The molecule has 0 fully saturated rings. The van der Waals surface area contributed by atoms with E-state index in [1.165, 1.54) is 7.05 Å². The van der Waals surface area contributed by atoms with Gasteiger partial charge in [0.05, 0.1) is 5.57 Å². The lowest BCUT2D eigenvalue weighted by molar-refractivity contribution is -1.13. The quantitative estimate of drug-likeness (QED) is 0.365. The molecule has 1 aliphatic heterocycles. The fraction of sp³-hybridized carbons (Fsp3) is 0.667. The van der Waals surface area contributed by atoms with Crippen molar-refractivity contribution in [2.45, 2.75) is 32.9 Å². The molecule has 79 valence electrons. The first-order chi connectivity index (χ1) is 6.34. The predicted molar refractivity (Wildman–Crippen MR) is 48.4 cm³/mol. The van der Waals surface area contributed by atoms with Gasteiger partial charge < -0.3 is 0 Å². The molecule has 5 heteroatoms. The Hall–Kier alpha value is -0.910. The zero-order valence-corrected chi connectivity index (χ0v) is 8.87. The number of nitrogens with one attached hydrogen (secondary N) is 1. The van der Waals surface area contributed by atoms with E-state index < -0.39 is 16.6 Å². The van der Waals surface area contributed by atoms with Crippen LogP contribution in [0.1, 0.15) is 20.8 Å². The molecule has 0 saturated heterocycles. The topological polar surface area (TPSA) is 69.2 Å². The SMILES string of the molecule is CC1=C(C(=O)NO)C(C)[N+](C)([O])C1C. The van der Waals surface area contributed by atoms with Crippen molar-refractivity contribution in [3.63, 3.8) is 0 Å². The summed E-state index contributed by atoms with van der Waals surface area (Å²) in [5.74, 6) is -0.570. The van der Waals surface area contributed by atoms with Crippen molar-refractivity contribution in [3.8, 4) is 0 Å². The van der Waals surface area contributed by atoms with Crippen LogP contribution in [0.5, 0.6) is 0 Å². The lowest BCUT2D eigenvalue weighted by atomic mass is 10.0. The maximum atomic E-state index is 12.0. The number of carbonyl (C=O) groups is 1. The van der Waals surface area contributed by atoms with E-state index in [0.717, 1.165) is 5.57 Å². The van der Waals surface area contributed by atoms with Crippen LogP contribution in [0.2, 0.25) is 0 Å². The van der Waals surface area contributed by atoms with Gasteiger partial charge in [0.15, 0.2) is 6.04 Å². The monoisotopic (exact) mass is 200 g/mol. The molecule has 3 atom stereocenters. The molecule has 3 unspecified atom stereocenters. The summed E-state index contributed by atoms with van der Waals surface area (Å²) in [4.78, 5) is 11.3. The maximum absolute atomic E-state index is 12.0. The smallest absolute Gasteiger partial charge is 0.276 e. The van der Waals surface area contributed by atoms with E-state index in [1.54, 1.807) is 26.3 Å². The Morgan fingerprint density at radius 2 is 1.93 bits per heavy atom. The first-order valence-electron chi connectivity index (χ1n) is 4.56. The largest absolute Gasteiger partial charge is 0.288 e. The third kappa shape index (κ3) is 1.33. The predicted octanol–water partition coefficient (Wildman–Crippen LogP) is 0.391. The van der Waals surface area contributed by atoms with Crippen LogP contribution in [0.3, 0.4) is 0 Å². The van der Waals surface area contributed by atoms with Gasteiger partial charge in [-0.1, -0.05) is 0 Å². The summed E-state index contributed by atoms with van der Waals surface area (Å²) < 4.78 is -0.491. The minimum Gasteiger partial charge on any atom is -0.288 e. The van der Waals surface area contributed by atoms with Gasteiger partial charge in [-0.3, -0.25) is 10.0 Å². The molecule has 0 saturated carbocycles. The Kier molecular flexibility index (Phi) is 2.67. The standard InChI is InChI=1S/C9H16N2O3/c1-5-6(2)11(4,14)7(3)8(5)9(12)10-13/h6-7,13H,1-4H3,(H,10,12)/q+1. The summed E-state index contributed by atoms with van der Waals surface area (Å²) >= 11 is 0. The molecule has 1 aliphatic rings. The van der Waals surface area contributed by atoms with Gasteiger partial charge in [0.2, 0.25) is 0 Å². The molecular weight excluding hydrogens is 184 g/mol. The van der Waals surface area contributed by atoms with Crippen LogP contribution in [-0.2, 0) is 10.0 Å². The lowest BCUT2D eigenvalue weighted by Crippen LogP contribution is -2.49. The van der Waals surface area contributed by atoms with Crippen LogP contribution in [0.15, 0.2) is 11.1 Å². The zero-order valence-electron chi connectivity index (χ0n) is 8.87. The first kappa shape index (κ1) is 11.2. The van der Waals surface area contributed by atoms with Crippen LogP contribution >= 0.6 is 0 Å². The van der Waals surface area contributed by atoms with Gasteiger partial charge in [0, 0.05) is 10.8 Å². The number of hydroxylamine groups is 4. The summed E-state index contributed by atoms with van der Waals surface area (Å²) in [6.45, 7) is 5.24. The Bertz CT molecular complexity index is 296. The highest BCUT2D eigenvalue weighted by atomic mass is 16.5. The fourth-order valence-corrected chi connectivity index (χ4v) is 1.96. The number of amides is 1. The Balaban J connectivity index is 3.12. The molecule has 1 rings (SSSR count). The van der Waals surface area contributed by atoms with E-state index in [4.69, 9.17) is 5.21 Å². The number of carbonyl (C=O) groups excluding carboxylic acids is 1. The van der Waals surface area contributed by atoms with E-state index in [9.17, 15) is 10.0 Å². The van der Waals surface area contributed by atoms with Crippen LogP contribution in [0, 0.1) is 0 Å². The highest BCUT2D eigenvalue weighted by Gasteiger charge is 2.49. The molecule has 0 aromatic heterocycles. The zero-order chi connectivity index (χ0) is 11.1. The third-order valence-electron chi connectivity index (χ3n) is 3.35. The molecule has 0 aromatic carbocycles. The number of likely N-dealkylation sites (N-methyl/N-ethyl adjacent to an activating group) is 1. The second kappa shape index (κ2) is 3.34. The Morgan fingerprint density at radius 1 is 1.43 bits per heavy atom. The Morgan fingerprint density at radius 3 is 2.21 bits per heavy atom. The number of nitrogens with zero attached hydrogens (tertiary/aromatic N) is 1. The average Bonchev–Trinajstić information content (AvgIpc) is 2.28. The second-order valence-electron chi connectivity index (χ2n) is 3.95. The van der Waals surface area contributed by atoms with Crippen LogP contribution in [0.25, 0.3) is 0 Å². The molecule has 1 heterocycles. The van der Waals surface area contributed by atoms with Crippen molar-refractivity contribution in [2.75, 3.05) is 7.05 Å². The van der Waals surface area contributed by atoms with Gasteiger partial charge in [0.25, 0.3) is 5.91 Å². The number of hydrogen-bond donors (Lipinski definition) is 2. The molecule has 2 N–H and O–H groups in total. The van der Waals surface area contributed by atoms with Crippen LogP contribution in [-0.4, -0.2) is 34.9 Å². The molecule has 14 heavy (non-hydrogen) atoms. The molecule has 1 amide bonds. The van der Waals surface area contributed by atoms with Gasteiger partial charge in [0.1, 0.15) is 13.1 Å². The van der Waals surface area contributed by atoms with Crippen molar-refractivity contribution < 1.29 is 19.9 Å². The van der Waals surface area contributed by atoms with Gasteiger partial charge in [-0.25, -0.2) is 5.48 Å². The third-order valence-corrected chi connectivity index (χ3v) is 3.35. The van der Waals surface area contributed by atoms with E-state index in [-0.39, 0.29) is 6.04 Å². The summed E-state index contributed by atoms with van der Waals surface area (Å²) in [7, 11) is 1.54. The second-order valence-corrected chi connectivity index (χ2v) is 3.95. The van der Waals surface area contributed by atoms with E-state index in [0.29, 0.717) is 5.57 Å². The number of quaternary nitrogens is 1. The van der Waals surface area contributed by atoms with E-state index in [2.05, 4.69) is 0 Å². The number of hydrogen-bond acceptors (Lipinski definition) is 2. The summed E-state index contributed by atoms with van der Waals surface area (Å²) in [5.41, 5.74) is 2.73. The average molecular weight is 200 g/mol. The van der Waals surface area contributed by atoms with Crippen LogP contribution in [0.4, 0.5) is 0 Å². The molecule has 5 nitrogen and oxygen atoms in total. The molecule has 0 aliphatic carbocycles. The normalized spacial score (nSPS) is 37.6. The maximum Gasteiger partial charge on any atom is 0.276 e.